The van der Waals surface area contributed by atoms with E-state index in [-0.39, 0.29) is 13.0 Å². The Kier molecular flexibility index (Phi) is 6.36. The molecule has 0 aliphatic heterocycles. The van der Waals surface area contributed by atoms with Crippen LogP contribution in [0.4, 0.5) is 9.18 Å². The number of carbonyl (C=O) groups excluding carboxylic acids is 2. The standard InChI is InChI=1S/C16H22FNO5/c1-16(2,3)23-15(21)18-9-11(14(20)22-4)7-10-5-6-13(19)12(17)8-10/h5-6,8,11,19H,7,9H2,1-4H3,(H,18,21). The number of benzene rings is 1. The number of alkyl carbamates (subject to hydrolysis) is 1. The predicted octanol–water partition coefficient (Wildman–Crippen LogP) is 2.39. The molecule has 0 spiro atoms. The van der Waals surface area contributed by atoms with Gasteiger partial charge in [0, 0.05) is 6.54 Å². The molecule has 0 aromatic heterocycles. The zero-order valence-electron chi connectivity index (χ0n) is 13.7. The highest BCUT2D eigenvalue weighted by atomic mass is 19.1. The lowest BCUT2D eigenvalue weighted by molar-refractivity contribution is -0.145. The fraction of sp³-hybridized carbons (Fsp3) is 0.500. The van der Waals surface area contributed by atoms with Gasteiger partial charge in [-0.15, -0.1) is 0 Å². The third kappa shape index (κ3) is 6.54. The number of halogens is 1. The number of amides is 1. The predicted molar refractivity (Wildman–Crippen MR) is 81.5 cm³/mol. The van der Waals surface area contributed by atoms with Gasteiger partial charge in [-0.3, -0.25) is 4.79 Å². The monoisotopic (exact) mass is 327 g/mol. The molecule has 23 heavy (non-hydrogen) atoms. The van der Waals surface area contributed by atoms with Gasteiger partial charge in [0.05, 0.1) is 13.0 Å². The summed E-state index contributed by atoms with van der Waals surface area (Å²) in [6.45, 7) is 5.17. The molecule has 0 saturated carbocycles. The number of methoxy groups -OCH3 is 1. The van der Waals surface area contributed by atoms with Gasteiger partial charge in [0.2, 0.25) is 0 Å². The number of carbonyl (C=O) groups is 2. The summed E-state index contributed by atoms with van der Waals surface area (Å²) in [5.74, 6) is -2.47. The van der Waals surface area contributed by atoms with Crippen LogP contribution in [0.25, 0.3) is 0 Å². The van der Waals surface area contributed by atoms with Crippen LogP contribution < -0.4 is 5.32 Å². The molecule has 1 aromatic rings. The number of ether oxygens (including phenoxy) is 2. The summed E-state index contributed by atoms with van der Waals surface area (Å²) in [6.07, 6.45) is -0.497. The van der Waals surface area contributed by atoms with Crippen molar-refractivity contribution in [3.8, 4) is 5.75 Å². The highest BCUT2D eigenvalue weighted by molar-refractivity contribution is 5.74. The smallest absolute Gasteiger partial charge is 0.407 e. The molecule has 6 nitrogen and oxygen atoms in total. The van der Waals surface area contributed by atoms with Crippen molar-refractivity contribution < 1.29 is 28.6 Å². The van der Waals surface area contributed by atoms with Crippen molar-refractivity contribution in [2.75, 3.05) is 13.7 Å². The second kappa shape index (κ2) is 7.80. The molecule has 1 atom stereocenters. The quantitative estimate of drug-likeness (QED) is 0.811. The summed E-state index contributed by atoms with van der Waals surface area (Å²) in [5.41, 5.74) is -0.146. The molecule has 0 aliphatic rings. The first-order valence-corrected chi connectivity index (χ1v) is 7.14. The number of hydrogen-bond donors (Lipinski definition) is 2. The van der Waals surface area contributed by atoms with Gasteiger partial charge in [0.25, 0.3) is 0 Å². The molecule has 0 bridgehead atoms. The summed E-state index contributed by atoms with van der Waals surface area (Å²) in [7, 11) is 1.24. The van der Waals surface area contributed by atoms with Crippen LogP contribution in [0.5, 0.6) is 5.75 Å². The van der Waals surface area contributed by atoms with E-state index in [4.69, 9.17) is 9.47 Å². The molecule has 2 N–H and O–H groups in total. The Morgan fingerprint density at radius 3 is 2.52 bits per heavy atom. The van der Waals surface area contributed by atoms with Crippen molar-refractivity contribution in [2.45, 2.75) is 32.8 Å². The maximum absolute atomic E-state index is 13.4. The maximum atomic E-state index is 13.4. The molecule has 0 aliphatic carbocycles. The summed E-state index contributed by atoms with van der Waals surface area (Å²) < 4.78 is 23.1. The number of hydrogen-bond acceptors (Lipinski definition) is 5. The van der Waals surface area contributed by atoms with Crippen LogP contribution in [0.3, 0.4) is 0 Å². The number of aromatic hydroxyl groups is 1. The molecule has 0 fully saturated rings. The van der Waals surface area contributed by atoms with Crippen molar-refractivity contribution in [2.24, 2.45) is 5.92 Å². The molecular weight excluding hydrogens is 305 g/mol. The summed E-state index contributed by atoms with van der Waals surface area (Å²) in [5, 5.41) is 11.7. The first-order chi connectivity index (χ1) is 10.6. The summed E-state index contributed by atoms with van der Waals surface area (Å²) in [4.78, 5) is 23.5. The second-order valence-corrected chi connectivity index (χ2v) is 6.09. The van der Waals surface area contributed by atoms with E-state index in [2.05, 4.69) is 5.32 Å². The summed E-state index contributed by atoms with van der Waals surface area (Å²) >= 11 is 0. The van der Waals surface area contributed by atoms with Crippen molar-refractivity contribution in [3.05, 3.63) is 29.6 Å². The second-order valence-electron chi connectivity index (χ2n) is 6.09. The van der Waals surface area contributed by atoms with Gasteiger partial charge < -0.3 is 19.9 Å². The van der Waals surface area contributed by atoms with Crippen LogP contribution >= 0.6 is 0 Å². The summed E-state index contributed by atoms with van der Waals surface area (Å²) in [6, 6.07) is 3.85. The zero-order valence-corrected chi connectivity index (χ0v) is 13.7. The Hall–Kier alpha value is -2.31. The normalized spacial score (nSPS) is 12.4. The van der Waals surface area contributed by atoms with Gasteiger partial charge in [0.15, 0.2) is 11.6 Å². The van der Waals surface area contributed by atoms with Gasteiger partial charge in [0.1, 0.15) is 5.60 Å². The molecule has 1 rings (SSSR count). The minimum atomic E-state index is -0.772. The van der Waals surface area contributed by atoms with Crippen LogP contribution in [0.15, 0.2) is 18.2 Å². The Morgan fingerprint density at radius 2 is 2.00 bits per heavy atom. The van der Waals surface area contributed by atoms with E-state index in [1.54, 1.807) is 20.8 Å². The molecule has 1 aromatic carbocycles. The average Bonchev–Trinajstić information content (AvgIpc) is 2.44. The van der Waals surface area contributed by atoms with E-state index in [1.807, 2.05) is 0 Å². The Labute approximate surface area is 134 Å². The Balaban J connectivity index is 2.71. The molecule has 1 unspecified atom stereocenters. The molecular formula is C16H22FNO5. The molecule has 128 valence electrons. The van der Waals surface area contributed by atoms with Crippen LogP contribution in [-0.4, -0.2) is 36.4 Å². The van der Waals surface area contributed by atoms with E-state index in [0.29, 0.717) is 5.56 Å². The van der Waals surface area contributed by atoms with Gasteiger partial charge >= 0.3 is 12.1 Å². The third-order valence-electron chi connectivity index (χ3n) is 2.92. The first-order valence-electron chi connectivity index (χ1n) is 7.14. The number of nitrogens with one attached hydrogen (secondary N) is 1. The Morgan fingerprint density at radius 1 is 1.35 bits per heavy atom. The fourth-order valence-electron chi connectivity index (χ4n) is 1.89. The first kappa shape index (κ1) is 18.7. The van der Waals surface area contributed by atoms with Crippen LogP contribution in [0.1, 0.15) is 26.3 Å². The van der Waals surface area contributed by atoms with Crippen LogP contribution in [0.2, 0.25) is 0 Å². The number of rotatable bonds is 5. The van der Waals surface area contributed by atoms with Crippen molar-refractivity contribution in [1.29, 1.82) is 0 Å². The molecule has 0 saturated heterocycles. The molecule has 1 amide bonds. The fourth-order valence-corrected chi connectivity index (χ4v) is 1.89. The van der Waals surface area contributed by atoms with Crippen molar-refractivity contribution >= 4 is 12.1 Å². The largest absolute Gasteiger partial charge is 0.505 e. The number of phenols is 1. The zero-order chi connectivity index (χ0) is 17.6. The highest BCUT2D eigenvalue weighted by Crippen LogP contribution is 2.19. The van der Waals surface area contributed by atoms with Crippen molar-refractivity contribution in [3.63, 3.8) is 0 Å². The molecule has 7 heteroatoms. The van der Waals surface area contributed by atoms with Gasteiger partial charge in [-0.1, -0.05) is 6.07 Å². The van der Waals surface area contributed by atoms with Crippen LogP contribution in [0, 0.1) is 11.7 Å². The van der Waals surface area contributed by atoms with Gasteiger partial charge in [-0.2, -0.15) is 0 Å². The number of phenolic OH excluding ortho intramolecular Hbond substituents is 1. The minimum Gasteiger partial charge on any atom is -0.505 e. The Bertz CT molecular complexity index is 568. The lowest BCUT2D eigenvalue weighted by Crippen LogP contribution is -2.38. The lowest BCUT2D eigenvalue weighted by atomic mass is 9.99. The highest BCUT2D eigenvalue weighted by Gasteiger charge is 2.23. The molecule has 0 radical (unpaired) electrons. The number of esters is 1. The van der Waals surface area contributed by atoms with Gasteiger partial charge in [-0.05, 0) is 44.9 Å². The average molecular weight is 327 g/mol. The van der Waals surface area contributed by atoms with Crippen LogP contribution in [-0.2, 0) is 20.7 Å². The topological polar surface area (TPSA) is 84.9 Å². The SMILES string of the molecule is COC(=O)C(CNC(=O)OC(C)(C)C)Cc1ccc(O)c(F)c1. The van der Waals surface area contributed by atoms with E-state index < -0.39 is 35.1 Å². The van der Waals surface area contributed by atoms with Crippen molar-refractivity contribution in [1.82, 2.24) is 5.32 Å². The minimum absolute atomic E-state index is 0.00984. The van der Waals surface area contributed by atoms with E-state index in [1.165, 1.54) is 19.2 Å². The maximum Gasteiger partial charge on any atom is 0.407 e. The van der Waals surface area contributed by atoms with E-state index in [9.17, 15) is 19.1 Å². The van der Waals surface area contributed by atoms with E-state index >= 15 is 0 Å². The lowest BCUT2D eigenvalue weighted by Gasteiger charge is -2.21. The third-order valence-corrected chi connectivity index (χ3v) is 2.92. The van der Waals surface area contributed by atoms with E-state index in [0.717, 1.165) is 6.07 Å². The van der Waals surface area contributed by atoms with Gasteiger partial charge in [-0.25, -0.2) is 9.18 Å². The molecule has 0 heterocycles.